The Morgan fingerprint density at radius 2 is 1.90 bits per heavy atom. The van der Waals surface area contributed by atoms with Crippen molar-refractivity contribution in [1.82, 2.24) is 5.32 Å². The summed E-state index contributed by atoms with van der Waals surface area (Å²) in [4.78, 5) is 27.7. The summed E-state index contributed by atoms with van der Waals surface area (Å²) in [5.74, 6) is 0.362. The van der Waals surface area contributed by atoms with Crippen LogP contribution in [0.2, 0.25) is 10.0 Å². The van der Waals surface area contributed by atoms with Gasteiger partial charge in [0.1, 0.15) is 11.5 Å². The maximum absolute atomic E-state index is 12.3. The van der Waals surface area contributed by atoms with E-state index in [1.54, 1.807) is 54.6 Å². The van der Waals surface area contributed by atoms with Crippen molar-refractivity contribution in [1.29, 1.82) is 0 Å². The minimum absolute atomic E-state index is 0.0631. The molecule has 0 atom stereocenters. The molecule has 0 unspecified atom stereocenters. The zero-order chi connectivity index (χ0) is 21.3. The summed E-state index contributed by atoms with van der Waals surface area (Å²) >= 11 is 13.2. The number of furan rings is 1. The second-order valence-electron chi connectivity index (χ2n) is 6.03. The van der Waals surface area contributed by atoms with Crippen LogP contribution in [0, 0.1) is 10.1 Å². The molecule has 10 heteroatoms. The maximum atomic E-state index is 12.3. The number of rotatable bonds is 4. The Labute approximate surface area is 184 Å². The molecule has 3 aromatic rings. The van der Waals surface area contributed by atoms with Gasteiger partial charge in [0.25, 0.3) is 11.6 Å². The number of nitrogens with zero attached hydrogens (tertiary/aromatic N) is 2. The number of para-hydroxylation sites is 1. The smallest absolute Gasteiger partial charge is 0.280 e. The molecule has 1 aliphatic rings. The molecule has 1 N–H and O–H groups in total. The van der Waals surface area contributed by atoms with Gasteiger partial charge in [-0.05, 0) is 42.1 Å². The first kappa shape index (κ1) is 20.2. The molecule has 4 rings (SSSR count). The second kappa shape index (κ2) is 8.35. The number of hydrogen-bond donors (Lipinski definition) is 1. The second-order valence-corrected chi connectivity index (χ2v) is 7.85. The zero-order valence-electron chi connectivity index (χ0n) is 15.0. The van der Waals surface area contributed by atoms with Gasteiger partial charge in [-0.1, -0.05) is 41.4 Å². The van der Waals surface area contributed by atoms with Crippen LogP contribution >= 0.6 is 35.0 Å². The third kappa shape index (κ3) is 4.11. The van der Waals surface area contributed by atoms with Crippen molar-refractivity contribution in [3.05, 3.63) is 85.4 Å². The number of halogens is 2. The predicted molar refractivity (Wildman–Crippen MR) is 118 cm³/mol. The fraction of sp³-hybridized carbons (Fsp3) is 0. The largest absolute Gasteiger partial charge is 0.456 e. The molecule has 0 radical (unpaired) electrons. The minimum atomic E-state index is -0.472. The van der Waals surface area contributed by atoms with Gasteiger partial charge in [-0.15, -0.1) is 0 Å². The molecule has 1 aliphatic heterocycles. The Morgan fingerprint density at radius 3 is 2.70 bits per heavy atom. The summed E-state index contributed by atoms with van der Waals surface area (Å²) in [7, 11) is 0. The van der Waals surface area contributed by atoms with Crippen LogP contribution in [0.1, 0.15) is 5.76 Å². The average molecular weight is 460 g/mol. The van der Waals surface area contributed by atoms with Crippen LogP contribution in [0.15, 0.2) is 68.9 Å². The van der Waals surface area contributed by atoms with E-state index in [0.29, 0.717) is 42.9 Å². The zero-order valence-corrected chi connectivity index (χ0v) is 17.3. The first-order valence-electron chi connectivity index (χ1n) is 8.49. The van der Waals surface area contributed by atoms with Gasteiger partial charge in [-0.2, -0.15) is 0 Å². The number of aliphatic imine (C=N–C) groups is 1. The van der Waals surface area contributed by atoms with E-state index in [-0.39, 0.29) is 11.6 Å². The summed E-state index contributed by atoms with van der Waals surface area (Å²) in [5, 5.41) is 14.9. The van der Waals surface area contributed by atoms with E-state index in [1.165, 1.54) is 6.07 Å². The quantitative estimate of drug-likeness (QED) is 0.290. The van der Waals surface area contributed by atoms with Gasteiger partial charge >= 0.3 is 0 Å². The van der Waals surface area contributed by atoms with Gasteiger partial charge in [0.15, 0.2) is 5.17 Å². The molecule has 1 aromatic heterocycles. The van der Waals surface area contributed by atoms with E-state index >= 15 is 0 Å². The minimum Gasteiger partial charge on any atom is -0.456 e. The van der Waals surface area contributed by atoms with Crippen LogP contribution in [0.25, 0.3) is 17.4 Å². The Balaban J connectivity index is 1.60. The highest BCUT2D eigenvalue weighted by Gasteiger charge is 2.25. The van der Waals surface area contributed by atoms with Gasteiger partial charge in [0, 0.05) is 12.1 Å². The molecule has 0 spiro atoms. The number of amides is 1. The van der Waals surface area contributed by atoms with Crippen LogP contribution in [0.3, 0.4) is 0 Å². The molecule has 30 heavy (non-hydrogen) atoms. The molecule has 0 bridgehead atoms. The molecule has 0 aliphatic carbocycles. The number of amidine groups is 1. The van der Waals surface area contributed by atoms with Gasteiger partial charge in [0.2, 0.25) is 0 Å². The summed E-state index contributed by atoms with van der Waals surface area (Å²) < 4.78 is 5.71. The Bertz CT molecular complexity index is 1240. The first-order valence-corrected chi connectivity index (χ1v) is 10.1. The van der Waals surface area contributed by atoms with Crippen LogP contribution in [0.4, 0.5) is 11.4 Å². The third-order valence-corrected chi connectivity index (χ3v) is 5.79. The SMILES string of the molecule is O=C1NC(=Nc2cccc(Cl)c2Cl)SC1=Cc1ccc(-c2ccccc2[N+](=O)[O-])o1. The topological polar surface area (TPSA) is 97.7 Å². The highest BCUT2D eigenvalue weighted by atomic mass is 35.5. The fourth-order valence-corrected chi connectivity index (χ4v) is 3.87. The lowest BCUT2D eigenvalue weighted by Gasteiger charge is -2.00. The summed E-state index contributed by atoms with van der Waals surface area (Å²) in [6, 6.07) is 14.6. The molecular formula is C20H11Cl2N3O4S. The maximum Gasteiger partial charge on any atom is 0.280 e. The first-order chi connectivity index (χ1) is 14.4. The monoisotopic (exact) mass is 459 g/mol. The summed E-state index contributed by atoms with van der Waals surface area (Å²) in [6.45, 7) is 0. The Morgan fingerprint density at radius 1 is 1.10 bits per heavy atom. The molecule has 1 fully saturated rings. The lowest BCUT2D eigenvalue weighted by Crippen LogP contribution is -2.19. The van der Waals surface area contributed by atoms with Gasteiger partial charge in [0.05, 0.1) is 31.1 Å². The number of hydrogen-bond acceptors (Lipinski definition) is 6. The fourth-order valence-electron chi connectivity index (χ4n) is 2.71. The van der Waals surface area contributed by atoms with Crippen molar-refractivity contribution in [3.63, 3.8) is 0 Å². The molecular weight excluding hydrogens is 449 g/mol. The van der Waals surface area contributed by atoms with Crippen molar-refractivity contribution < 1.29 is 14.1 Å². The third-order valence-electron chi connectivity index (χ3n) is 4.07. The highest BCUT2D eigenvalue weighted by Crippen LogP contribution is 2.35. The normalized spacial score (nSPS) is 16.3. The Kier molecular flexibility index (Phi) is 5.63. The predicted octanol–water partition coefficient (Wildman–Crippen LogP) is 6.05. The molecule has 2 heterocycles. The van der Waals surface area contributed by atoms with Crippen molar-refractivity contribution in [2.75, 3.05) is 0 Å². The number of nitro groups is 1. The van der Waals surface area contributed by atoms with Crippen LogP contribution < -0.4 is 5.32 Å². The molecule has 1 amide bonds. The lowest BCUT2D eigenvalue weighted by molar-refractivity contribution is -0.384. The molecule has 150 valence electrons. The Hall–Kier alpha value is -3.07. The van der Waals surface area contributed by atoms with E-state index < -0.39 is 4.92 Å². The van der Waals surface area contributed by atoms with Crippen LogP contribution in [-0.4, -0.2) is 16.0 Å². The van der Waals surface area contributed by atoms with Crippen molar-refractivity contribution in [3.8, 4) is 11.3 Å². The number of carbonyl (C=O) groups is 1. The van der Waals surface area contributed by atoms with Crippen molar-refractivity contribution in [2.24, 2.45) is 4.99 Å². The van der Waals surface area contributed by atoms with Crippen molar-refractivity contribution in [2.45, 2.75) is 0 Å². The number of carbonyl (C=O) groups excluding carboxylic acids is 1. The van der Waals surface area contributed by atoms with E-state index in [9.17, 15) is 14.9 Å². The standard InChI is InChI=1S/C20H11Cl2N3O4S/c21-13-5-3-6-14(18(13)22)23-20-24-19(26)17(30-20)10-11-8-9-16(29-11)12-4-1-2-7-15(12)25(27)28/h1-10H,(H,23,24,26). The van der Waals surface area contributed by atoms with Crippen LogP contribution in [-0.2, 0) is 4.79 Å². The van der Waals surface area contributed by atoms with E-state index in [0.717, 1.165) is 11.8 Å². The average Bonchev–Trinajstić information content (AvgIpc) is 3.32. The number of benzene rings is 2. The molecule has 0 saturated carbocycles. The van der Waals surface area contributed by atoms with E-state index in [2.05, 4.69) is 10.3 Å². The summed E-state index contributed by atoms with van der Waals surface area (Å²) in [5.41, 5.74) is 0.727. The number of nitro benzene ring substituents is 1. The van der Waals surface area contributed by atoms with Gasteiger partial charge in [-0.3, -0.25) is 14.9 Å². The lowest BCUT2D eigenvalue weighted by atomic mass is 10.1. The molecule has 1 saturated heterocycles. The van der Waals surface area contributed by atoms with E-state index in [1.807, 2.05) is 0 Å². The number of nitrogens with one attached hydrogen (secondary N) is 1. The van der Waals surface area contributed by atoms with Crippen molar-refractivity contribution >= 4 is 63.5 Å². The highest BCUT2D eigenvalue weighted by molar-refractivity contribution is 8.18. The van der Waals surface area contributed by atoms with Gasteiger partial charge < -0.3 is 9.73 Å². The molecule has 7 nitrogen and oxygen atoms in total. The van der Waals surface area contributed by atoms with E-state index in [4.69, 9.17) is 27.6 Å². The number of thioether (sulfide) groups is 1. The van der Waals surface area contributed by atoms with Gasteiger partial charge in [-0.25, -0.2) is 4.99 Å². The van der Waals surface area contributed by atoms with Crippen LogP contribution in [0.5, 0.6) is 0 Å². The molecule has 2 aromatic carbocycles. The summed E-state index contributed by atoms with van der Waals surface area (Å²) in [6.07, 6.45) is 1.54.